The fourth-order valence-electron chi connectivity index (χ4n) is 3.18. The molecule has 0 saturated heterocycles. The van der Waals surface area contributed by atoms with E-state index < -0.39 is 29.5 Å². The van der Waals surface area contributed by atoms with Crippen molar-refractivity contribution in [3.63, 3.8) is 0 Å². The van der Waals surface area contributed by atoms with Gasteiger partial charge in [0.15, 0.2) is 0 Å². The van der Waals surface area contributed by atoms with Crippen LogP contribution in [0.4, 0.5) is 18.0 Å². The summed E-state index contributed by atoms with van der Waals surface area (Å²) in [6, 6.07) is 9.64. The Hall–Kier alpha value is -2.70. The number of ether oxygens (including phenoxy) is 1. The van der Waals surface area contributed by atoms with Gasteiger partial charge in [-0.25, -0.2) is 4.79 Å². The first-order valence-electron chi connectivity index (χ1n) is 8.05. The Morgan fingerprint density at radius 1 is 1.19 bits per heavy atom. The van der Waals surface area contributed by atoms with Crippen molar-refractivity contribution in [2.45, 2.75) is 38.1 Å². The number of carboxylic acid groups (broad SMARTS) is 1. The van der Waals surface area contributed by atoms with Crippen LogP contribution in [-0.2, 0) is 6.18 Å². The number of fused-ring (bicyclic) bond motifs is 1. The molecule has 2 aromatic rings. The zero-order valence-corrected chi connectivity index (χ0v) is 14.2. The highest BCUT2D eigenvalue weighted by molar-refractivity contribution is 5.69. The molecular formula is C19H18F3NO3. The van der Waals surface area contributed by atoms with Crippen LogP contribution in [0.1, 0.15) is 37.4 Å². The molecule has 0 aliphatic carbocycles. The molecular weight excluding hydrogens is 347 g/mol. The highest BCUT2D eigenvalue weighted by Gasteiger charge is 2.35. The normalized spacial score (nSPS) is 18.6. The number of alkyl halides is 3. The van der Waals surface area contributed by atoms with Gasteiger partial charge < -0.3 is 15.2 Å². The van der Waals surface area contributed by atoms with Crippen LogP contribution in [0.5, 0.6) is 5.75 Å². The topological polar surface area (TPSA) is 58.6 Å². The standard InChI is InChI=1S/C19H18F3NO3/c1-18(2)10-15(23-17(24)25)14-7-6-12(9-16(14)26-18)11-4-3-5-13(8-11)19(20,21)22/h3-9,15,23H,10H2,1-2H3,(H,24,25). The lowest BCUT2D eigenvalue weighted by Gasteiger charge is -2.37. The molecule has 0 fully saturated rings. The van der Waals surface area contributed by atoms with Crippen LogP contribution in [0.25, 0.3) is 11.1 Å². The van der Waals surface area contributed by atoms with Crippen molar-refractivity contribution in [2.75, 3.05) is 0 Å². The molecule has 0 aromatic heterocycles. The van der Waals surface area contributed by atoms with Crippen LogP contribution >= 0.6 is 0 Å². The van der Waals surface area contributed by atoms with E-state index in [1.165, 1.54) is 6.07 Å². The van der Waals surface area contributed by atoms with E-state index in [0.29, 0.717) is 28.9 Å². The minimum Gasteiger partial charge on any atom is -0.487 e. The monoisotopic (exact) mass is 365 g/mol. The summed E-state index contributed by atoms with van der Waals surface area (Å²) in [6.07, 6.45) is -5.10. The first-order valence-corrected chi connectivity index (χ1v) is 8.05. The van der Waals surface area contributed by atoms with Crippen LogP contribution < -0.4 is 10.1 Å². The minimum absolute atomic E-state index is 0.414. The van der Waals surface area contributed by atoms with Crippen LogP contribution in [-0.4, -0.2) is 16.8 Å². The van der Waals surface area contributed by atoms with Crippen molar-refractivity contribution < 1.29 is 27.8 Å². The van der Waals surface area contributed by atoms with E-state index in [4.69, 9.17) is 9.84 Å². The highest BCUT2D eigenvalue weighted by Crippen LogP contribution is 2.42. The Balaban J connectivity index is 2.02. The number of amides is 1. The third-order valence-corrected chi connectivity index (χ3v) is 4.29. The number of rotatable bonds is 2. The summed E-state index contributed by atoms with van der Waals surface area (Å²) in [7, 11) is 0. The van der Waals surface area contributed by atoms with Gasteiger partial charge in [-0.05, 0) is 43.2 Å². The molecule has 3 rings (SSSR count). The van der Waals surface area contributed by atoms with E-state index in [-0.39, 0.29) is 0 Å². The molecule has 0 saturated carbocycles. The maximum absolute atomic E-state index is 12.9. The number of benzene rings is 2. The molecule has 7 heteroatoms. The highest BCUT2D eigenvalue weighted by atomic mass is 19.4. The van der Waals surface area contributed by atoms with E-state index in [0.717, 1.165) is 12.1 Å². The number of carbonyl (C=O) groups is 1. The molecule has 1 aliphatic rings. The summed E-state index contributed by atoms with van der Waals surface area (Å²) in [5.74, 6) is 0.468. The molecule has 1 unspecified atom stereocenters. The number of halogens is 3. The van der Waals surface area contributed by atoms with Crippen LogP contribution in [0.15, 0.2) is 42.5 Å². The number of hydrogen-bond donors (Lipinski definition) is 2. The van der Waals surface area contributed by atoms with E-state index in [2.05, 4.69) is 5.32 Å². The predicted molar refractivity (Wildman–Crippen MR) is 90.1 cm³/mol. The summed E-state index contributed by atoms with van der Waals surface area (Å²) >= 11 is 0. The molecule has 1 atom stereocenters. The van der Waals surface area contributed by atoms with Crippen molar-refractivity contribution in [1.29, 1.82) is 0 Å². The molecule has 26 heavy (non-hydrogen) atoms. The summed E-state index contributed by atoms with van der Waals surface area (Å²) in [5, 5.41) is 11.5. The molecule has 1 amide bonds. The lowest BCUT2D eigenvalue weighted by atomic mass is 9.88. The average Bonchev–Trinajstić information content (AvgIpc) is 2.52. The van der Waals surface area contributed by atoms with E-state index >= 15 is 0 Å². The van der Waals surface area contributed by atoms with Gasteiger partial charge in [0.25, 0.3) is 0 Å². The molecule has 0 radical (unpaired) electrons. The van der Waals surface area contributed by atoms with Crippen molar-refractivity contribution >= 4 is 6.09 Å². The third kappa shape index (κ3) is 3.76. The molecule has 4 nitrogen and oxygen atoms in total. The predicted octanol–water partition coefficient (Wildman–Crippen LogP) is 5.24. The van der Waals surface area contributed by atoms with Crippen LogP contribution in [0.3, 0.4) is 0 Å². The Morgan fingerprint density at radius 3 is 2.54 bits per heavy atom. The van der Waals surface area contributed by atoms with Gasteiger partial charge in [0, 0.05) is 12.0 Å². The molecule has 138 valence electrons. The summed E-state index contributed by atoms with van der Waals surface area (Å²) in [4.78, 5) is 11.0. The van der Waals surface area contributed by atoms with E-state index in [1.54, 1.807) is 24.3 Å². The second-order valence-electron chi connectivity index (χ2n) is 6.90. The van der Waals surface area contributed by atoms with Gasteiger partial charge >= 0.3 is 12.3 Å². The molecule has 0 bridgehead atoms. The number of hydrogen-bond acceptors (Lipinski definition) is 2. The Labute approximate surface area is 148 Å². The smallest absolute Gasteiger partial charge is 0.416 e. The van der Waals surface area contributed by atoms with Gasteiger partial charge in [-0.2, -0.15) is 13.2 Å². The van der Waals surface area contributed by atoms with Gasteiger partial charge in [0.05, 0.1) is 11.6 Å². The Bertz CT molecular complexity index is 846. The molecule has 0 spiro atoms. The molecule has 2 N–H and O–H groups in total. The zero-order valence-electron chi connectivity index (χ0n) is 14.2. The fourth-order valence-corrected chi connectivity index (χ4v) is 3.18. The van der Waals surface area contributed by atoms with Gasteiger partial charge in [0.2, 0.25) is 0 Å². The van der Waals surface area contributed by atoms with Crippen LogP contribution in [0, 0.1) is 0 Å². The fraction of sp³-hybridized carbons (Fsp3) is 0.316. The third-order valence-electron chi connectivity index (χ3n) is 4.29. The largest absolute Gasteiger partial charge is 0.487 e. The van der Waals surface area contributed by atoms with E-state index in [9.17, 15) is 18.0 Å². The summed E-state index contributed by atoms with van der Waals surface area (Å²) in [5.41, 5.74) is 0.327. The maximum atomic E-state index is 12.9. The lowest BCUT2D eigenvalue weighted by Crippen LogP contribution is -2.40. The van der Waals surface area contributed by atoms with Crippen LogP contribution in [0.2, 0.25) is 0 Å². The first-order chi connectivity index (χ1) is 12.0. The Kier molecular flexibility index (Phi) is 4.34. The quantitative estimate of drug-likeness (QED) is 0.765. The van der Waals surface area contributed by atoms with Crippen molar-refractivity contribution in [3.05, 3.63) is 53.6 Å². The average molecular weight is 365 g/mol. The van der Waals surface area contributed by atoms with Gasteiger partial charge in [-0.3, -0.25) is 0 Å². The maximum Gasteiger partial charge on any atom is 0.416 e. The van der Waals surface area contributed by atoms with Crippen molar-refractivity contribution in [3.8, 4) is 16.9 Å². The van der Waals surface area contributed by atoms with Crippen molar-refractivity contribution in [2.24, 2.45) is 0 Å². The lowest BCUT2D eigenvalue weighted by molar-refractivity contribution is -0.137. The first kappa shape index (κ1) is 18.1. The second kappa shape index (κ2) is 6.23. The molecule has 2 aromatic carbocycles. The second-order valence-corrected chi connectivity index (χ2v) is 6.90. The van der Waals surface area contributed by atoms with E-state index in [1.807, 2.05) is 13.8 Å². The number of nitrogens with one attached hydrogen (secondary N) is 1. The summed E-state index contributed by atoms with van der Waals surface area (Å²) in [6.45, 7) is 3.67. The molecule has 1 heterocycles. The van der Waals surface area contributed by atoms with Gasteiger partial charge in [-0.15, -0.1) is 0 Å². The molecule has 1 aliphatic heterocycles. The Morgan fingerprint density at radius 2 is 1.88 bits per heavy atom. The SMILES string of the molecule is CC1(C)CC(NC(=O)O)c2ccc(-c3cccc(C(F)(F)F)c3)cc2O1. The van der Waals surface area contributed by atoms with Gasteiger partial charge in [-0.1, -0.05) is 24.3 Å². The minimum atomic E-state index is -4.42. The van der Waals surface area contributed by atoms with Gasteiger partial charge in [0.1, 0.15) is 11.4 Å². The summed E-state index contributed by atoms with van der Waals surface area (Å²) < 4.78 is 44.8. The van der Waals surface area contributed by atoms with Crippen molar-refractivity contribution in [1.82, 2.24) is 5.32 Å². The zero-order chi connectivity index (χ0) is 19.1.